The molecule has 0 saturated carbocycles. The van der Waals surface area contributed by atoms with Crippen LogP contribution in [0.2, 0.25) is 0 Å². The van der Waals surface area contributed by atoms with Gasteiger partial charge in [0.25, 0.3) is 0 Å². The Bertz CT molecular complexity index is 889. The van der Waals surface area contributed by atoms with Crippen molar-refractivity contribution in [3.8, 4) is 16.5 Å². The highest BCUT2D eigenvalue weighted by molar-refractivity contribution is 7.09. The predicted octanol–water partition coefficient (Wildman–Crippen LogP) is 0.705. The molecule has 1 fully saturated rings. The third-order valence-corrected chi connectivity index (χ3v) is 5.69. The average molecular weight is 423 g/mol. The Hall–Kier alpha value is -2.53. The van der Waals surface area contributed by atoms with Crippen molar-refractivity contribution in [3.05, 3.63) is 12.3 Å². The fraction of sp³-hybridized carbons (Fsp3) is 0.611. The van der Waals surface area contributed by atoms with Crippen molar-refractivity contribution in [2.24, 2.45) is 5.41 Å². The van der Waals surface area contributed by atoms with E-state index in [4.69, 9.17) is 4.74 Å². The molecule has 0 aromatic carbocycles. The van der Waals surface area contributed by atoms with E-state index in [1.54, 1.807) is 12.3 Å². The summed E-state index contributed by atoms with van der Waals surface area (Å²) in [6, 6.07) is 0.350. The first-order chi connectivity index (χ1) is 13.7. The molecule has 2 aromatic rings. The molecule has 2 unspecified atom stereocenters. The Morgan fingerprint density at radius 1 is 1.41 bits per heavy atom. The van der Waals surface area contributed by atoms with Crippen LogP contribution < -0.4 is 10.1 Å². The van der Waals surface area contributed by atoms with Gasteiger partial charge < -0.3 is 20.1 Å². The molecule has 29 heavy (non-hydrogen) atoms. The largest absolute Gasteiger partial charge is 0.480 e. The van der Waals surface area contributed by atoms with Crippen molar-refractivity contribution >= 4 is 23.3 Å². The van der Waals surface area contributed by atoms with Crippen LogP contribution in [0.4, 0.5) is 0 Å². The number of β-amino-alcohol motifs (C(OH)–C–C–N with tert-alkyl or cyclic N) is 1. The lowest BCUT2D eigenvalue weighted by Gasteiger charge is -2.34. The molecule has 1 saturated heterocycles. The zero-order chi connectivity index (χ0) is 21.3. The van der Waals surface area contributed by atoms with Crippen LogP contribution in [0.3, 0.4) is 0 Å². The minimum Gasteiger partial charge on any atom is -0.480 e. The van der Waals surface area contributed by atoms with Crippen LogP contribution in [0.5, 0.6) is 5.88 Å². The number of likely N-dealkylation sites (N-methyl/N-ethyl adjacent to an activating group) is 1. The molecule has 3 rings (SSSR count). The maximum Gasteiger partial charge on any atom is 0.248 e. The first-order valence-corrected chi connectivity index (χ1v) is 10.1. The number of hydrogen-bond donors (Lipinski definition) is 2. The molecule has 3 atom stereocenters. The summed E-state index contributed by atoms with van der Waals surface area (Å²) in [5, 5.41) is 21.0. The quantitative estimate of drug-likeness (QED) is 0.727. The predicted molar refractivity (Wildman–Crippen MR) is 106 cm³/mol. The lowest BCUT2D eigenvalue weighted by molar-refractivity contribution is -0.144. The highest BCUT2D eigenvalue weighted by Crippen LogP contribution is 2.35. The minimum atomic E-state index is -0.738. The molecule has 11 heteroatoms. The maximum atomic E-state index is 13.5. The van der Waals surface area contributed by atoms with Gasteiger partial charge in [0.05, 0.1) is 24.3 Å². The summed E-state index contributed by atoms with van der Waals surface area (Å²) < 4.78 is 10.8. The van der Waals surface area contributed by atoms with Gasteiger partial charge in [-0.25, -0.2) is 4.68 Å². The average Bonchev–Trinajstić information content (AvgIpc) is 3.38. The van der Waals surface area contributed by atoms with Gasteiger partial charge in [-0.15, -0.1) is 5.10 Å². The van der Waals surface area contributed by atoms with Crippen LogP contribution >= 0.6 is 11.5 Å². The Morgan fingerprint density at radius 3 is 2.72 bits per heavy atom. The third kappa shape index (κ3) is 4.25. The first kappa shape index (κ1) is 21.2. The van der Waals surface area contributed by atoms with Crippen LogP contribution in [0, 0.1) is 5.41 Å². The van der Waals surface area contributed by atoms with Crippen molar-refractivity contribution in [2.45, 2.75) is 45.4 Å². The molecule has 0 aliphatic carbocycles. The summed E-state index contributed by atoms with van der Waals surface area (Å²) in [5.41, 5.74) is 0.0750. The number of aliphatic hydroxyl groups excluding tert-OH is 1. The van der Waals surface area contributed by atoms with Gasteiger partial charge in [0, 0.05) is 26.1 Å². The minimum absolute atomic E-state index is 0.108. The van der Waals surface area contributed by atoms with Gasteiger partial charge in [-0.1, -0.05) is 26.0 Å². The molecule has 158 valence electrons. The van der Waals surface area contributed by atoms with Crippen LogP contribution in [0.15, 0.2) is 12.3 Å². The number of nitrogens with zero attached hydrogens (tertiary/aromatic N) is 5. The smallest absolute Gasteiger partial charge is 0.248 e. The molecular weight excluding hydrogens is 396 g/mol. The lowest BCUT2D eigenvalue weighted by Crippen LogP contribution is -2.49. The maximum absolute atomic E-state index is 13.5. The van der Waals surface area contributed by atoms with E-state index < -0.39 is 23.6 Å². The summed E-state index contributed by atoms with van der Waals surface area (Å²) in [6.07, 6.45) is 1.17. The lowest BCUT2D eigenvalue weighted by atomic mass is 9.85. The Morgan fingerprint density at radius 2 is 2.14 bits per heavy atom. The van der Waals surface area contributed by atoms with E-state index in [0.29, 0.717) is 11.6 Å². The zero-order valence-electron chi connectivity index (χ0n) is 17.1. The summed E-state index contributed by atoms with van der Waals surface area (Å²) in [4.78, 5) is 27.9. The number of hydrogen-bond acceptors (Lipinski definition) is 8. The second kappa shape index (κ2) is 8.07. The summed E-state index contributed by atoms with van der Waals surface area (Å²) in [5.74, 6) is -0.0814. The highest BCUT2D eigenvalue weighted by Gasteiger charge is 2.45. The van der Waals surface area contributed by atoms with Crippen LogP contribution in [0.1, 0.15) is 33.2 Å². The highest BCUT2D eigenvalue weighted by atomic mass is 32.1. The van der Waals surface area contributed by atoms with Crippen molar-refractivity contribution in [2.75, 3.05) is 20.7 Å². The number of aromatic nitrogens is 4. The molecule has 0 radical (unpaired) electrons. The number of rotatable bonds is 5. The Kier molecular flexibility index (Phi) is 5.90. The van der Waals surface area contributed by atoms with Gasteiger partial charge in [-0.2, -0.15) is 4.37 Å². The number of aliphatic hydroxyl groups is 1. The normalized spacial score (nSPS) is 20.6. The molecule has 1 aliphatic heterocycles. The second-order valence-electron chi connectivity index (χ2n) is 8.10. The fourth-order valence-corrected chi connectivity index (χ4v) is 4.16. The van der Waals surface area contributed by atoms with E-state index in [0.717, 1.165) is 4.88 Å². The number of carbonyl (C=O) groups excluding carboxylic acids is 2. The van der Waals surface area contributed by atoms with Gasteiger partial charge >= 0.3 is 0 Å². The van der Waals surface area contributed by atoms with Gasteiger partial charge in [-0.3, -0.25) is 9.59 Å². The summed E-state index contributed by atoms with van der Waals surface area (Å²) in [7, 11) is 3.06. The molecule has 2 aromatic heterocycles. The van der Waals surface area contributed by atoms with Crippen molar-refractivity contribution in [1.29, 1.82) is 0 Å². The first-order valence-electron chi connectivity index (χ1n) is 9.28. The molecule has 1 aliphatic rings. The fourth-order valence-electron chi connectivity index (χ4n) is 3.50. The molecule has 2 amide bonds. The number of likely N-dealkylation sites (tertiary alicyclic amines) is 1. The zero-order valence-corrected chi connectivity index (χ0v) is 17.9. The molecular formula is C18H26N6O4S. The standard InChI is InChI=1S/C18H26N6O4S/c1-18(2,3)15(17(27)23-8-10(25)6-12(23)16(26)19-4)24-9-11(20-22-24)13-7-14(28-5)21-29-13/h7,9-10,12,15,25H,6,8H2,1-5H3,(H,19,26)/t10?,12-,15?/m1/s1. The number of ether oxygens (including phenoxy) is 1. The molecule has 10 nitrogen and oxygen atoms in total. The number of methoxy groups -OCH3 is 1. The molecule has 0 bridgehead atoms. The van der Waals surface area contributed by atoms with Crippen molar-refractivity contribution < 1.29 is 19.4 Å². The topological polar surface area (TPSA) is 122 Å². The van der Waals surface area contributed by atoms with Gasteiger partial charge in [0.15, 0.2) is 0 Å². The van der Waals surface area contributed by atoms with Gasteiger partial charge in [0.1, 0.15) is 17.8 Å². The third-order valence-electron chi connectivity index (χ3n) is 4.89. The van der Waals surface area contributed by atoms with E-state index in [9.17, 15) is 14.7 Å². The number of nitrogens with one attached hydrogen (secondary N) is 1. The van der Waals surface area contributed by atoms with E-state index in [2.05, 4.69) is 20.0 Å². The second-order valence-corrected chi connectivity index (χ2v) is 8.90. The molecule has 3 heterocycles. The van der Waals surface area contributed by atoms with Crippen LogP contribution in [0.25, 0.3) is 10.6 Å². The Labute approximate surface area is 173 Å². The van der Waals surface area contributed by atoms with Crippen molar-refractivity contribution in [1.82, 2.24) is 29.6 Å². The van der Waals surface area contributed by atoms with E-state index >= 15 is 0 Å². The molecule has 2 N–H and O–H groups in total. The number of amides is 2. The van der Waals surface area contributed by atoms with Crippen LogP contribution in [-0.2, 0) is 9.59 Å². The molecule has 0 spiro atoms. The Balaban J connectivity index is 1.93. The summed E-state index contributed by atoms with van der Waals surface area (Å²) in [6.45, 7) is 5.88. The van der Waals surface area contributed by atoms with E-state index in [-0.39, 0.29) is 24.8 Å². The van der Waals surface area contributed by atoms with E-state index in [1.807, 2.05) is 20.8 Å². The summed E-state index contributed by atoms with van der Waals surface area (Å²) >= 11 is 1.23. The van der Waals surface area contributed by atoms with Gasteiger partial charge in [0.2, 0.25) is 17.7 Å². The van der Waals surface area contributed by atoms with Crippen molar-refractivity contribution in [3.63, 3.8) is 0 Å². The van der Waals surface area contributed by atoms with Gasteiger partial charge in [-0.05, 0) is 16.9 Å². The SMILES string of the molecule is CNC(=O)[C@H]1CC(O)CN1C(=O)C(n1cc(-c2cc(OC)ns2)nn1)C(C)(C)C. The number of carbonyl (C=O) groups is 2. The van der Waals surface area contributed by atoms with E-state index in [1.165, 1.54) is 35.3 Å². The monoisotopic (exact) mass is 422 g/mol. The van der Waals surface area contributed by atoms with Crippen LogP contribution in [-0.4, -0.2) is 74.0 Å².